The van der Waals surface area contributed by atoms with Crippen LogP contribution < -0.4 is 5.32 Å². The summed E-state index contributed by atoms with van der Waals surface area (Å²) in [6.45, 7) is 4.00. The van der Waals surface area contributed by atoms with E-state index in [1.807, 2.05) is 62.4 Å². The molecule has 0 aliphatic carbocycles. The van der Waals surface area contributed by atoms with E-state index in [0.29, 0.717) is 11.5 Å². The summed E-state index contributed by atoms with van der Waals surface area (Å²) in [7, 11) is 0. The highest BCUT2D eigenvalue weighted by molar-refractivity contribution is 6.01. The fraction of sp³-hybridized carbons (Fsp3) is 0.0870. The fourth-order valence-electron chi connectivity index (χ4n) is 3.00. The first-order valence-corrected chi connectivity index (χ1v) is 9.18. The lowest BCUT2D eigenvalue weighted by molar-refractivity contribution is 0.101. The van der Waals surface area contributed by atoms with E-state index in [9.17, 15) is 9.18 Å². The van der Waals surface area contributed by atoms with Gasteiger partial charge in [-0.25, -0.2) is 14.1 Å². The van der Waals surface area contributed by atoms with Gasteiger partial charge in [0.05, 0.1) is 5.69 Å². The number of hydrogen-bond donors (Lipinski definition) is 1. The number of nitrogens with zero attached hydrogens (tertiary/aromatic N) is 3. The van der Waals surface area contributed by atoms with Crippen molar-refractivity contribution in [1.29, 1.82) is 0 Å². The lowest BCUT2D eigenvalue weighted by Gasteiger charge is -2.07. The topological polar surface area (TPSA) is 59.8 Å². The molecule has 0 aliphatic rings. The normalized spacial score (nSPS) is 10.7. The molecule has 0 aliphatic heterocycles. The molecule has 5 nitrogen and oxygen atoms in total. The Labute approximate surface area is 167 Å². The van der Waals surface area contributed by atoms with E-state index in [1.54, 1.807) is 10.7 Å². The predicted octanol–water partition coefficient (Wildman–Crippen LogP) is 4.94. The molecule has 0 fully saturated rings. The second-order valence-electron chi connectivity index (χ2n) is 6.84. The number of amides is 1. The van der Waals surface area contributed by atoms with Crippen LogP contribution in [-0.2, 0) is 0 Å². The van der Waals surface area contributed by atoms with Crippen molar-refractivity contribution in [2.75, 3.05) is 5.32 Å². The summed E-state index contributed by atoms with van der Waals surface area (Å²) in [5.74, 6) is -0.370. The highest BCUT2D eigenvalue weighted by Crippen LogP contribution is 2.23. The maximum Gasteiger partial charge on any atom is 0.295 e. The molecule has 1 heterocycles. The van der Waals surface area contributed by atoms with Crippen LogP contribution in [0.4, 0.5) is 10.1 Å². The zero-order chi connectivity index (χ0) is 20.4. The van der Waals surface area contributed by atoms with E-state index in [1.165, 1.54) is 18.2 Å². The summed E-state index contributed by atoms with van der Waals surface area (Å²) < 4.78 is 15.1. The van der Waals surface area contributed by atoms with Gasteiger partial charge in [0.1, 0.15) is 5.82 Å². The monoisotopic (exact) mass is 386 g/mol. The zero-order valence-corrected chi connectivity index (χ0v) is 16.1. The molecule has 4 rings (SSSR count). The second-order valence-corrected chi connectivity index (χ2v) is 6.84. The largest absolute Gasteiger partial charge is 0.319 e. The van der Waals surface area contributed by atoms with E-state index >= 15 is 0 Å². The van der Waals surface area contributed by atoms with Crippen molar-refractivity contribution in [1.82, 2.24) is 14.8 Å². The minimum Gasteiger partial charge on any atom is -0.319 e. The van der Waals surface area contributed by atoms with Crippen molar-refractivity contribution >= 4 is 11.6 Å². The highest BCUT2D eigenvalue weighted by Gasteiger charge is 2.19. The van der Waals surface area contributed by atoms with Gasteiger partial charge < -0.3 is 5.32 Å². The molecular weight excluding hydrogens is 367 g/mol. The van der Waals surface area contributed by atoms with Crippen molar-refractivity contribution in [3.8, 4) is 17.1 Å². The molecule has 4 aromatic rings. The number of hydrogen-bond acceptors (Lipinski definition) is 3. The number of aromatic nitrogens is 3. The van der Waals surface area contributed by atoms with Gasteiger partial charge in [-0.05, 0) is 50.2 Å². The number of carbonyl (C=O) groups is 1. The van der Waals surface area contributed by atoms with Crippen LogP contribution in [0.15, 0.2) is 72.8 Å². The third-order valence-corrected chi connectivity index (χ3v) is 4.45. The van der Waals surface area contributed by atoms with Crippen LogP contribution in [0, 0.1) is 19.7 Å². The Hall–Kier alpha value is -3.80. The molecule has 1 aromatic heterocycles. The molecule has 0 saturated heterocycles. The lowest BCUT2D eigenvalue weighted by Crippen LogP contribution is -2.14. The van der Waals surface area contributed by atoms with Gasteiger partial charge in [0.2, 0.25) is 5.82 Å². The summed E-state index contributed by atoms with van der Waals surface area (Å²) in [4.78, 5) is 17.2. The van der Waals surface area contributed by atoms with Gasteiger partial charge in [-0.15, -0.1) is 5.10 Å². The average Bonchev–Trinajstić information content (AvgIpc) is 3.14. The van der Waals surface area contributed by atoms with E-state index < -0.39 is 11.7 Å². The molecule has 0 atom stereocenters. The second kappa shape index (κ2) is 7.67. The van der Waals surface area contributed by atoms with Crippen LogP contribution in [0.2, 0.25) is 0 Å². The molecule has 6 heteroatoms. The lowest BCUT2D eigenvalue weighted by atomic mass is 10.1. The average molecular weight is 386 g/mol. The summed E-state index contributed by atoms with van der Waals surface area (Å²) in [6.07, 6.45) is 0. The van der Waals surface area contributed by atoms with E-state index in [2.05, 4.69) is 15.4 Å². The smallest absolute Gasteiger partial charge is 0.295 e. The van der Waals surface area contributed by atoms with Gasteiger partial charge in [-0.1, -0.05) is 47.5 Å². The minimum atomic E-state index is -0.504. The van der Waals surface area contributed by atoms with Crippen LogP contribution in [0.5, 0.6) is 0 Å². The van der Waals surface area contributed by atoms with Crippen LogP contribution in [-0.4, -0.2) is 20.7 Å². The molecule has 1 N–H and O–H groups in total. The molecule has 3 aromatic carbocycles. The first kappa shape index (κ1) is 18.6. The van der Waals surface area contributed by atoms with Gasteiger partial charge in [-0.3, -0.25) is 4.79 Å². The molecule has 0 unspecified atom stereocenters. The predicted molar refractivity (Wildman–Crippen MR) is 111 cm³/mol. The zero-order valence-electron chi connectivity index (χ0n) is 16.1. The van der Waals surface area contributed by atoms with Gasteiger partial charge in [0.25, 0.3) is 5.91 Å². The third-order valence-electron chi connectivity index (χ3n) is 4.45. The van der Waals surface area contributed by atoms with E-state index in [0.717, 1.165) is 22.4 Å². The van der Waals surface area contributed by atoms with Gasteiger partial charge in [0, 0.05) is 11.3 Å². The van der Waals surface area contributed by atoms with Gasteiger partial charge in [0.15, 0.2) is 5.82 Å². The van der Waals surface area contributed by atoms with Crippen LogP contribution >= 0.6 is 0 Å². The number of halogens is 1. The van der Waals surface area contributed by atoms with Crippen molar-refractivity contribution in [3.05, 3.63) is 95.6 Å². The maximum atomic E-state index is 13.4. The van der Waals surface area contributed by atoms with Crippen LogP contribution in [0.3, 0.4) is 0 Å². The number of nitrogens with one attached hydrogen (secondary N) is 1. The van der Waals surface area contributed by atoms with E-state index in [4.69, 9.17) is 0 Å². The summed E-state index contributed by atoms with van der Waals surface area (Å²) in [6, 6.07) is 21.4. The number of anilines is 1. The number of aryl methyl sites for hydroxylation is 2. The summed E-state index contributed by atoms with van der Waals surface area (Å²) >= 11 is 0. The van der Waals surface area contributed by atoms with E-state index in [-0.39, 0.29) is 5.82 Å². The quantitative estimate of drug-likeness (QED) is 0.540. The Kier molecular flexibility index (Phi) is 4.91. The summed E-state index contributed by atoms with van der Waals surface area (Å²) in [5.41, 5.74) is 4.19. The molecular formula is C23H19FN4O. The highest BCUT2D eigenvalue weighted by atomic mass is 19.1. The first-order valence-electron chi connectivity index (χ1n) is 9.18. The Morgan fingerprint density at radius 2 is 1.69 bits per heavy atom. The van der Waals surface area contributed by atoms with Crippen molar-refractivity contribution in [2.24, 2.45) is 0 Å². The molecule has 0 radical (unpaired) electrons. The van der Waals surface area contributed by atoms with Gasteiger partial charge >= 0.3 is 0 Å². The third kappa shape index (κ3) is 4.06. The Morgan fingerprint density at radius 3 is 2.41 bits per heavy atom. The van der Waals surface area contributed by atoms with Crippen molar-refractivity contribution in [3.63, 3.8) is 0 Å². The molecule has 0 bridgehead atoms. The van der Waals surface area contributed by atoms with Crippen molar-refractivity contribution < 1.29 is 9.18 Å². The summed E-state index contributed by atoms with van der Waals surface area (Å²) in [5, 5.41) is 7.08. The molecule has 0 saturated carbocycles. The Morgan fingerprint density at radius 1 is 0.931 bits per heavy atom. The van der Waals surface area contributed by atoms with Crippen LogP contribution in [0.1, 0.15) is 21.7 Å². The number of carbonyl (C=O) groups excluding carboxylic acids is 1. The SMILES string of the molecule is Cc1ccc(-n2nc(C(=O)Nc3cccc(F)c3)nc2-c2cccc(C)c2)cc1. The molecule has 144 valence electrons. The first-order chi connectivity index (χ1) is 14.0. The van der Waals surface area contributed by atoms with Crippen LogP contribution in [0.25, 0.3) is 17.1 Å². The Bertz CT molecular complexity index is 1180. The Balaban J connectivity index is 1.76. The molecule has 0 spiro atoms. The number of rotatable bonds is 4. The fourth-order valence-corrected chi connectivity index (χ4v) is 3.00. The molecule has 1 amide bonds. The molecule has 29 heavy (non-hydrogen) atoms. The minimum absolute atomic E-state index is 0.00587. The van der Waals surface area contributed by atoms with Gasteiger partial charge in [-0.2, -0.15) is 0 Å². The van der Waals surface area contributed by atoms with Crippen molar-refractivity contribution in [2.45, 2.75) is 13.8 Å². The number of benzene rings is 3. The maximum absolute atomic E-state index is 13.4. The standard InChI is InChI=1S/C23H19FN4O/c1-15-9-11-20(12-10-15)28-22(17-6-3-5-16(2)13-17)26-21(27-28)23(29)25-19-8-4-7-18(24)14-19/h3-14H,1-2H3,(H,25,29).